The number of rotatable bonds is 3. The Morgan fingerprint density at radius 3 is 2.90 bits per heavy atom. The third-order valence-corrected chi connectivity index (χ3v) is 4.26. The van der Waals surface area contributed by atoms with Gasteiger partial charge < -0.3 is 9.30 Å². The van der Waals surface area contributed by atoms with Crippen LogP contribution in [0.5, 0.6) is 0 Å². The smallest absolute Gasteiger partial charge is 0.171 e. The molecule has 1 atom stereocenters. The van der Waals surface area contributed by atoms with E-state index in [0.717, 1.165) is 36.1 Å². The van der Waals surface area contributed by atoms with E-state index in [9.17, 15) is 4.79 Å². The zero-order chi connectivity index (χ0) is 14.2. The highest BCUT2D eigenvalue weighted by atomic mass is 16.5. The Bertz CT molecular complexity index is 639. The van der Waals surface area contributed by atoms with Crippen molar-refractivity contribution in [1.82, 2.24) is 9.55 Å². The molecule has 4 nitrogen and oxygen atoms in total. The van der Waals surface area contributed by atoms with Crippen LogP contribution in [0.1, 0.15) is 32.0 Å². The molecule has 1 saturated heterocycles. The predicted octanol–water partition coefficient (Wildman–Crippen LogP) is 2.64. The van der Waals surface area contributed by atoms with E-state index in [1.165, 1.54) is 0 Å². The third kappa shape index (κ3) is 2.24. The Labute approximate surface area is 118 Å². The molecule has 0 saturated carbocycles. The van der Waals surface area contributed by atoms with Gasteiger partial charge in [-0.2, -0.15) is 0 Å². The summed E-state index contributed by atoms with van der Waals surface area (Å²) in [6.07, 6.45) is 3.26. The minimum Gasteiger partial charge on any atom is -0.367 e. The van der Waals surface area contributed by atoms with Gasteiger partial charge in [-0.3, -0.25) is 4.79 Å². The van der Waals surface area contributed by atoms with E-state index >= 15 is 0 Å². The van der Waals surface area contributed by atoms with Gasteiger partial charge >= 0.3 is 0 Å². The standard InChI is InChI=1S/C16H20N2O2/c1-16(9-5-6-10-20-16)14(19)11-15-17-12-7-3-4-8-13(12)18(15)2/h3-4,7-8H,5-6,9-11H2,1-2H3. The normalized spacial score (nSPS) is 23.1. The first kappa shape index (κ1) is 13.3. The number of aryl methyl sites for hydroxylation is 1. The number of carbonyl (C=O) groups excluding carboxylic acids is 1. The van der Waals surface area contributed by atoms with E-state index in [2.05, 4.69) is 4.98 Å². The Morgan fingerprint density at radius 1 is 1.40 bits per heavy atom. The number of fused-ring (bicyclic) bond motifs is 1. The molecule has 1 aliphatic heterocycles. The minimum atomic E-state index is -0.629. The van der Waals surface area contributed by atoms with Crippen molar-refractivity contribution < 1.29 is 9.53 Å². The second kappa shape index (κ2) is 5.02. The van der Waals surface area contributed by atoms with Crippen LogP contribution in [-0.2, 0) is 23.0 Å². The summed E-state index contributed by atoms with van der Waals surface area (Å²) in [6, 6.07) is 7.95. The third-order valence-electron chi connectivity index (χ3n) is 4.26. The number of benzene rings is 1. The molecule has 1 aliphatic rings. The number of ketones is 1. The quantitative estimate of drug-likeness (QED) is 0.862. The highest BCUT2D eigenvalue weighted by Gasteiger charge is 2.36. The minimum absolute atomic E-state index is 0.135. The van der Waals surface area contributed by atoms with E-state index < -0.39 is 5.60 Å². The van der Waals surface area contributed by atoms with Crippen LogP contribution in [0.4, 0.5) is 0 Å². The second-order valence-electron chi connectivity index (χ2n) is 5.71. The van der Waals surface area contributed by atoms with Gasteiger partial charge in [0.2, 0.25) is 0 Å². The number of nitrogens with zero attached hydrogens (tertiary/aromatic N) is 2. The first-order chi connectivity index (χ1) is 9.60. The van der Waals surface area contributed by atoms with Crippen LogP contribution < -0.4 is 0 Å². The van der Waals surface area contributed by atoms with Crippen molar-refractivity contribution in [3.8, 4) is 0 Å². The Morgan fingerprint density at radius 2 is 2.20 bits per heavy atom. The van der Waals surface area contributed by atoms with Gasteiger partial charge in [-0.25, -0.2) is 4.98 Å². The van der Waals surface area contributed by atoms with E-state index in [1.807, 2.05) is 42.8 Å². The molecule has 1 aromatic carbocycles. The van der Waals surface area contributed by atoms with Crippen molar-refractivity contribution in [3.63, 3.8) is 0 Å². The van der Waals surface area contributed by atoms with E-state index in [-0.39, 0.29) is 5.78 Å². The van der Waals surface area contributed by atoms with Gasteiger partial charge in [-0.05, 0) is 38.3 Å². The maximum Gasteiger partial charge on any atom is 0.171 e. The van der Waals surface area contributed by atoms with Gasteiger partial charge in [-0.1, -0.05) is 12.1 Å². The molecule has 3 rings (SSSR count). The lowest BCUT2D eigenvalue weighted by molar-refractivity contribution is -0.147. The average Bonchev–Trinajstić information content (AvgIpc) is 2.77. The molecule has 0 radical (unpaired) electrons. The van der Waals surface area contributed by atoms with Crippen LogP contribution in [0, 0.1) is 0 Å². The van der Waals surface area contributed by atoms with Crippen molar-refractivity contribution in [1.29, 1.82) is 0 Å². The molecule has 20 heavy (non-hydrogen) atoms. The number of hydrogen-bond donors (Lipinski definition) is 0. The Hall–Kier alpha value is -1.68. The molecule has 0 aliphatic carbocycles. The number of hydrogen-bond acceptors (Lipinski definition) is 3. The first-order valence-electron chi connectivity index (χ1n) is 7.18. The van der Waals surface area contributed by atoms with Crippen molar-refractivity contribution in [2.45, 2.75) is 38.2 Å². The summed E-state index contributed by atoms with van der Waals surface area (Å²) >= 11 is 0. The molecule has 2 heterocycles. The number of imidazole rings is 1. The fourth-order valence-electron chi connectivity index (χ4n) is 2.84. The predicted molar refractivity (Wildman–Crippen MR) is 77.6 cm³/mol. The van der Waals surface area contributed by atoms with Crippen LogP contribution in [0.2, 0.25) is 0 Å². The number of Topliss-reactive ketones (excluding diaryl/α,β-unsaturated/α-hetero) is 1. The molecule has 1 fully saturated rings. The summed E-state index contributed by atoms with van der Waals surface area (Å²) < 4.78 is 7.73. The molecule has 0 amide bonds. The SMILES string of the molecule is Cn1c(CC(=O)C2(C)CCCCO2)nc2ccccc21. The second-order valence-corrected chi connectivity index (χ2v) is 5.71. The molecule has 1 aromatic heterocycles. The fourth-order valence-corrected chi connectivity index (χ4v) is 2.84. The van der Waals surface area contributed by atoms with E-state index in [1.54, 1.807) is 0 Å². The van der Waals surface area contributed by atoms with Crippen LogP contribution in [-0.4, -0.2) is 27.5 Å². The molecule has 2 aromatic rings. The molecule has 4 heteroatoms. The first-order valence-corrected chi connectivity index (χ1v) is 7.18. The van der Waals surface area contributed by atoms with Gasteiger partial charge in [0.25, 0.3) is 0 Å². The van der Waals surface area contributed by atoms with Crippen LogP contribution in [0.15, 0.2) is 24.3 Å². The van der Waals surface area contributed by atoms with Gasteiger partial charge in [0.05, 0.1) is 17.5 Å². The molecular formula is C16H20N2O2. The summed E-state index contributed by atoms with van der Waals surface area (Å²) in [5, 5.41) is 0. The lowest BCUT2D eigenvalue weighted by atomic mass is 9.90. The Balaban J connectivity index is 1.85. The lowest BCUT2D eigenvalue weighted by Crippen LogP contribution is -2.42. The largest absolute Gasteiger partial charge is 0.367 e. The monoisotopic (exact) mass is 272 g/mol. The van der Waals surface area contributed by atoms with Gasteiger partial charge in [0.1, 0.15) is 11.4 Å². The highest BCUT2D eigenvalue weighted by molar-refractivity contribution is 5.89. The number of para-hydroxylation sites is 2. The summed E-state index contributed by atoms with van der Waals surface area (Å²) in [5.74, 6) is 0.946. The number of carbonyl (C=O) groups is 1. The van der Waals surface area contributed by atoms with Crippen LogP contribution in [0.3, 0.4) is 0 Å². The van der Waals surface area contributed by atoms with Gasteiger partial charge in [0.15, 0.2) is 5.78 Å². The number of ether oxygens (including phenoxy) is 1. The van der Waals surface area contributed by atoms with Crippen LogP contribution >= 0.6 is 0 Å². The maximum absolute atomic E-state index is 12.5. The molecule has 0 N–H and O–H groups in total. The molecule has 0 bridgehead atoms. The molecule has 1 unspecified atom stereocenters. The Kier molecular flexibility index (Phi) is 3.34. The summed E-state index contributed by atoms with van der Waals surface area (Å²) in [7, 11) is 1.96. The highest BCUT2D eigenvalue weighted by Crippen LogP contribution is 2.27. The lowest BCUT2D eigenvalue weighted by Gasteiger charge is -2.32. The average molecular weight is 272 g/mol. The molecular weight excluding hydrogens is 252 g/mol. The van der Waals surface area contributed by atoms with Crippen molar-refractivity contribution in [2.24, 2.45) is 7.05 Å². The van der Waals surface area contributed by atoms with Crippen molar-refractivity contribution in [2.75, 3.05) is 6.61 Å². The molecule has 0 spiro atoms. The van der Waals surface area contributed by atoms with E-state index in [4.69, 9.17) is 4.74 Å². The topological polar surface area (TPSA) is 44.1 Å². The summed E-state index contributed by atoms with van der Waals surface area (Å²) in [4.78, 5) is 17.1. The molecule has 106 valence electrons. The maximum atomic E-state index is 12.5. The van der Waals surface area contributed by atoms with E-state index in [0.29, 0.717) is 13.0 Å². The fraction of sp³-hybridized carbons (Fsp3) is 0.500. The summed E-state index contributed by atoms with van der Waals surface area (Å²) in [6.45, 7) is 2.60. The number of aromatic nitrogens is 2. The summed E-state index contributed by atoms with van der Waals surface area (Å²) in [5.41, 5.74) is 1.37. The zero-order valence-corrected chi connectivity index (χ0v) is 12.1. The van der Waals surface area contributed by atoms with Crippen molar-refractivity contribution >= 4 is 16.8 Å². The van der Waals surface area contributed by atoms with Gasteiger partial charge in [-0.15, -0.1) is 0 Å². The van der Waals surface area contributed by atoms with Crippen LogP contribution in [0.25, 0.3) is 11.0 Å². The zero-order valence-electron chi connectivity index (χ0n) is 12.1. The van der Waals surface area contributed by atoms with Gasteiger partial charge in [0, 0.05) is 13.7 Å². The van der Waals surface area contributed by atoms with Crippen molar-refractivity contribution in [3.05, 3.63) is 30.1 Å².